The fourth-order valence-corrected chi connectivity index (χ4v) is 2.69. The topological polar surface area (TPSA) is 34.1 Å². The number of aryl methyl sites for hydroxylation is 1. The molecule has 0 radical (unpaired) electrons. The number of thiazole rings is 1. The van der Waals surface area contributed by atoms with Crippen molar-refractivity contribution >= 4 is 16.5 Å². The van der Waals surface area contributed by atoms with Gasteiger partial charge in [-0.05, 0) is 35.7 Å². The third kappa shape index (κ3) is 3.86. The molecule has 0 aliphatic carbocycles. The molecule has 0 amide bonds. The second-order valence-corrected chi connectivity index (χ2v) is 5.95. The normalized spacial score (nSPS) is 10.4. The first-order chi connectivity index (χ1) is 10.8. The standard InChI is InChI=1S/C18H18N2OS/c1-14-5-2-3-7-16(14)13-21-17-8-4-6-15(11-17)12-20-18-19-9-10-22-18/h2-11H,12-13H2,1H3,(H,19,20). The van der Waals surface area contributed by atoms with E-state index in [-0.39, 0.29) is 0 Å². The molecule has 112 valence electrons. The summed E-state index contributed by atoms with van der Waals surface area (Å²) in [4.78, 5) is 4.22. The number of nitrogens with one attached hydrogen (secondary N) is 1. The summed E-state index contributed by atoms with van der Waals surface area (Å²) in [5, 5.41) is 6.20. The van der Waals surface area contributed by atoms with Crippen LogP contribution in [0.1, 0.15) is 16.7 Å². The van der Waals surface area contributed by atoms with Crippen molar-refractivity contribution < 1.29 is 4.74 Å². The molecule has 0 spiro atoms. The van der Waals surface area contributed by atoms with Crippen LogP contribution in [0.25, 0.3) is 0 Å². The van der Waals surface area contributed by atoms with Crippen LogP contribution in [0.3, 0.4) is 0 Å². The molecule has 4 heteroatoms. The molecule has 1 aromatic heterocycles. The molecule has 3 nitrogen and oxygen atoms in total. The molecule has 0 fully saturated rings. The highest BCUT2D eigenvalue weighted by Gasteiger charge is 2.01. The van der Waals surface area contributed by atoms with Gasteiger partial charge in [-0.3, -0.25) is 0 Å². The minimum atomic E-state index is 0.593. The Kier molecular flexibility index (Phi) is 4.71. The van der Waals surface area contributed by atoms with Crippen molar-refractivity contribution in [2.45, 2.75) is 20.1 Å². The van der Waals surface area contributed by atoms with Gasteiger partial charge in [-0.1, -0.05) is 36.4 Å². The molecule has 0 bridgehead atoms. The Balaban J connectivity index is 1.60. The van der Waals surface area contributed by atoms with Gasteiger partial charge in [0.1, 0.15) is 12.4 Å². The van der Waals surface area contributed by atoms with Gasteiger partial charge in [0.25, 0.3) is 0 Å². The fourth-order valence-electron chi connectivity index (χ4n) is 2.17. The first kappa shape index (κ1) is 14.6. The van der Waals surface area contributed by atoms with E-state index >= 15 is 0 Å². The van der Waals surface area contributed by atoms with Crippen molar-refractivity contribution in [1.29, 1.82) is 0 Å². The molecule has 0 aliphatic heterocycles. The van der Waals surface area contributed by atoms with Gasteiger partial charge in [0.2, 0.25) is 0 Å². The number of nitrogens with zero attached hydrogens (tertiary/aromatic N) is 1. The van der Waals surface area contributed by atoms with E-state index in [1.54, 1.807) is 17.5 Å². The van der Waals surface area contributed by atoms with Crippen LogP contribution in [0.4, 0.5) is 5.13 Å². The summed E-state index contributed by atoms with van der Waals surface area (Å²) < 4.78 is 5.91. The third-order valence-corrected chi connectivity index (χ3v) is 4.16. The van der Waals surface area contributed by atoms with Crippen molar-refractivity contribution in [2.75, 3.05) is 5.32 Å². The summed E-state index contributed by atoms with van der Waals surface area (Å²) >= 11 is 1.60. The number of aromatic nitrogens is 1. The van der Waals surface area contributed by atoms with Crippen LogP contribution in [-0.2, 0) is 13.2 Å². The van der Waals surface area contributed by atoms with Crippen molar-refractivity contribution in [3.8, 4) is 5.75 Å². The zero-order chi connectivity index (χ0) is 15.2. The number of ether oxygens (including phenoxy) is 1. The highest BCUT2D eigenvalue weighted by Crippen LogP contribution is 2.18. The van der Waals surface area contributed by atoms with E-state index in [0.717, 1.165) is 17.4 Å². The van der Waals surface area contributed by atoms with Gasteiger partial charge in [0.15, 0.2) is 5.13 Å². The van der Waals surface area contributed by atoms with E-state index in [2.05, 4.69) is 41.5 Å². The summed E-state index contributed by atoms with van der Waals surface area (Å²) in [5.74, 6) is 0.890. The molecule has 0 atom stereocenters. The number of benzene rings is 2. The second kappa shape index (κ2) is 7.09. The molecule has 3 aromatic rings. The van der Waals surface area contributed by atoms with Gasteiger partial charge in [0.05, 0.1) is 0 Å². The second-order valence-electron chi connectivity index (χ2n) is 5.05. The van der Waals surface area contributed by atoms with Crippen LogP contribution in [0.15, 0.2) is 60.1 Å². The van der Waals surface area contributed by atoms with Gasteiger partial charge in [-0.2, -0.15) is 0 Å². The molecule has 0 saturated heterocycles. The minimum Gasteiger partial charge on any atom is -0.489 e. The van der Waals surface area contributed by atoms with E-state index in [1.807, 2.05) is 29.6 Å². The maximum absolute atomic E-state index is 5.91. The van der Waals surface area contributed by atoms with Gasteiger partial charge in [-0.25, -0.2) is 4.98 Å². The van der Waals surface area contributed by atoms with E-state index < -0.39 is 0 Å². The molecule has 1 heterocycles. The Morgan fingerprint density at radius 3 is 2.86 bits per heavy atom. The van der Waals surface area contributed by atoms with Gasteiger partial charge in [-0.15, -0.1) is 11.3 Å². The van der Waals surface area contributed by atoms with E-state index in [0.29, 0.717) is 6.61 Å². The summed E-state index contributed by atoms with van der Waals surface area (Å²) in [6, 6.07) is 16.5. The Morgan fingerprint density at radius 2 is 2.05 bits per heavy atom. The molecular formula is C18H18N2OS. The third-order valence-electron chi connectivity index (χ3n) is 3.43. The fraction of sp³-hybridized carbons (Fsp3) is 0.167. The van der Waals surface area contributed by atoms with Gasteiger partial charge < -0.3 is 10.1 Å². The van der Waals surface area contributed by atoms with Crippen LogP contribution in [0.5, 0.6) is 5.75 Å². The Hall–Kier alpha value is -2.33. The van der Waals surface area contributed by atoms with Crippen molar-refractivity contribution in [3.05, 3.63) is 76.8 Å². The first-order valence-electron chi connectivity index (χ1n) is 7.21. The highest BCUT2D eigenvalue weighted by atomic mass is 32.1. The average Bonchev–Trinajstić information content (AvgIpc) is 3.06. The summed E-state index contributed by atoms with van der Waals surface area (Å²) in [7, 11) is 0. The molecular weight excluding hydrogens is 292 g/mol. The zero-order valence-corrected chi connectivity index (χ0v) is 13.3. The van der Waals surface area contributed by atoms with E-state index in [1.165, 1.54) is 16.7 Å². The maximum Gasteiger partial charge on any atom is 0.182 e. The predicted molar refractivity (Wildman–Crippen MR) is 91.4 cm³/mol. The van der Waals surface area contributed by atoms with Gasteiger partial charge >= 0.3 is 0 Å². The van der Waals surface area contributed by atoms with Crippen LogP contribution >= 0.6 is 11.3 Å². The Bertz CT molecular complexity index is 725. The van der Waals surface area contributed by atoms with Crippen molar-refractivity contribution in [1.82, 2.24) is 4.98 Å². The smallest absolute Gasteiger partial charge is 0.182 e. The quantitative estimate of drug-likeness (QED) is 0.720. The maximum atomic E-state index is 5.91. The molecule has 0 saturated carbocycles. The lowest BCUT2D eigenvalue weighted by molar-refractivity contribution is 0.305. The highest BCUT2D eigenvalue weighted by molar-refractivity contribution is 7.13. The summed E-state index contributed by atoms with van der Waals surface area (Å²) in [5.41, 5.74) is 3.65. The molecule has 0 aliphatic rings. The molecule has 3 rings (SSSR count). The Morgan fingerprint density at radius 1 is 1.14 bits per heavy atom. The molecule has 0 unspecified atom stereocenters. The Labute approximate surface area is 134 Å². The summed E-state index contributed by atoms with van der Waals surface area (Å²) in [6.07, 6.45) is 1.80. The largest absolute Gasteiger partial charge is 0.489 e. The lowest BCUT2D eigenvalue weighted by Gasteiger charge is -2.10. The van der Waals surface area contributed by atoms with Crippen LogP contribution in [-0.4, -0.2) is 4.98 Å². The number of hydrogen-bond donors (Lipinski definition) is 1. The average molecular weight is 310 g/mol. The zero-order valence-electron chi connectivity index (χ0n) is 12.5. The predicted octanol–water partition coefficient (Wildman–Crippen LogP) is 4.64. The van der Waals surface area contributed by atoms with E-state index in [4.69, 9.17) is 4.74 Å². The minimum absolute atomic E-state index is 0.593. The lowest BCUT2D eigenvalue weighted by atomic mass is 10.1. The van der Waals surface area contributed by atoms with Crippen LogP contribution < -0.4 is 10.1 Å². The molecule has 22 heavy (non-hydrogen) atoms. The van der Waals surface area contributed by atoms with Crippen LogP contribution in [0.2, 0.25) is 0 Å². The van der Waals surface area contributed by atoms with Crippen LogP contribution in [0, 0.1) is 6.92 Å². The number of rotatable bonds is 6. The van der Waals surface area contributed by atoms with Crippen molar-refractivity contribution in [2.24, 2.45) is 0 Å². The number of hydrogen-bond acceptors (Lipinski definition) is 4. The van der Waals surface area contributed by atoms with Crippen molar-refractivity contribution in [3.63, 3.8) is 0 Å². The number of anilines is 1. The molecule has 2 aromatic carbocycles. The summed E-state index contributed by atoms with van der Waals surface area (Å²) in [6.45, 7) is 3.44. The molecule has 1 N–H and O–H groups in total. The van der Waals surface area contributed by atoms with E-state index in [9.17, 15) is 0 Å². The lowest BCUT2D eigenvalue weighted by Crippen LogP contribution is -2.01. The van der Waals surface area contributed by atoms with Gasteiger partial charge in [0, 0.05) is 18.1 Å². The SMILES string of the molecule is Cc1ccccc1COc1cccc(CNc2nccs2)c1. The monoisotopic (exact) mass is 310 g/mol. The first-order valence-corrected chi connectivity index (χ1v) is 8.09.